The molecule has 1 heterocycles. The number of amides is 1. The second kappa shape index (κ2) is 7.25. The van der Waals surface area contributed by atoms with Gasteiger partial charge in [0.05, 0.1) is 13.1 Å². The van der Waals surface area contributed by atoms with E-state index in [-0.39, 0.29) is 12.5 Å². The van der Waals surface area contributed by atoms with Crippen LogP contribution in [0.4, 0.5) is 5.69 Å². The van der Waals surface area contributed by atoms with Gasteiger partial charge in [-0.3, -0.25) is 9.48 Å². The molecule has 1 aromatic heterocycles. The first-order chi connectivity index (χ1) is 9.79. The summed E-state index contributed by atoms with van der Waals surface area (Å²) in [6.07, 6.45) is 5.35. The first-order valence-electron chi connectivity index (χ1n) is 6.46. The van der Waals surface area contributed by atoms with E-state index in [0.717, 1.165) is 11.3 Å². The van der Waals surface area contributed by atoms with Gasteiger partial charge in [-0.15, -0.1) is 6.58 Å². The number of carbonyl (C=O) groups excluding carboxylic acids is 1. The van der Waals surface area contributed by atoms with E-state index >= 15 is 0 Å². The van der Waals surface area contributed by atoms with Crippen LogP contribution in [0, 0.1) is 0 Å². The normalized spacial score (nSPS) is 10.2. The zero-order valence-electron chi connectivity index (χ0n) is 11.2. The van der Waals surface area contributed by atoms with E-state index in [1.807, 2.05) is 41.2 Å². The Kier molecular flexibility index (Phi) is 5.08. The van der Waals surface area contributed by atoms with E-state index in [4.69, 9.17) is 0 Å². The van der Waals surface area contributed by atoms with Gasteiger partial charge in [-0.1, -0.05) is 24.3 Å². The van der Waals surface area contributed by atoms with Gasteiger partial charge < -0.3 is 10.6 Å². The maximum Gasteiger partial charge on any atom is 0.238 e. The van der Waals surface area contributed by atoms with Crippen LogP contribution in [0.25, 0.3) is 0 Å². The molecule has 0 fully saturated rings. The minimum absolute atomic E-state index is 0.0697. The van der Waals surface area contributed by atoms with Crippen LogP contribution in [0.2, 0.25) is 0 Å². The molecule has 0 unspecified atom stereocenters. The van der Waals surface area contributed by atoms with Crippen molar-refractivity contribution in [3.8, 4) is 0 Å². The summed E-state index contributed by atoms with van der Waals surface area (Å²) in [6, 6.07) is 9.60. The molecular formula is C15H18N4O. The van der Waals surface area contributed by atoms with Crippen LogP contribution in [0.5, 0.6) is 0 Å². The molecule has 0 atom stereocenters. The Morgan fingerprint density at radius 2 is 2.20 bits per heavy atom. The smallest absolute Gasteiger partial charge is 0.238 e. The Hall–Kier alpha value is -2.40. The third-order valence-electron chi connectivity index (χ3n) is 2.76. The first kappa shape index (κ1) is 14.0. The van der Waals surface area contributed by atoms with Crippen molar-refractivity contribution >= 4 is 11.6 Å². The Labute approximate surface area is 118 Å². The number of rotatable bonds is 7. The Morgan fingerprint density at radius 1 is 1.35 bits per heavy atom. The van der Waals surface area contributed by atoms with Gasteiger partial charge in [0.15, 0.2) is 0 Å². The number of para-hydroxylation sites is 1. The number of nitrogens with one attached hydrogen (secondary N) is 2. The van der Waals surface area contributed by atoms with E-state index < -0.39 is 0 Å². The van der Waals surface area contributed by atoms with E-state index in [1.165, 1.54) is 0 Å². The molecule has 20 heavy (non-hydrogen) atoms. The van der Waals surface area contributed by atoms with Gasteiger partial charge in [0.1, 0.15) is 0 Å². The predicted molar refractivity (Wildman–Crippen MR) is 79.5 cm³/mol. The fraction of sp³-hybridized carbons (Fsp3) is 0.200. The maximum atomic E-state index is 11.8. The largest absolute Gasteiger partial charge is 0.325 e. The number of benzene rings is 1. The molecule has 0 radical (unpaired) electrons. The monoisotopic (exact) mass is 270 g/mol. The molecule has 2 N–H and O–H groups in total. The number of aromatic nitrogens is 2. The second-order valence-electron chi connectivity index (χ2n) is 4.33. The Morgan fingerprint density at radius 3 is 2.95 bits per heavy atom. The maximum absolute atomic E-state index is 11.8. The number of anilines is 1. The van der Waals surface area contributed by atoms with Gasteiger partial charge in [-0.2, -0.15) is 5.10 Å². The van der Waals surface area contributed by atoms with Crippen molar-refractivity contribution in [2.24, 2.45) is 0 Å². The molecule has 1 aromatic carbocycles. The highest BCUT2D eigenvalue weighted by atomic mass is 16.1. The summed E-state index contributed by atoms with van der Waals surface area (Å²) in [5.41, 5.74) is 1.83. The van der Waals surface area contributed by atoms with Crippen LogP contribution in [0.15, 0.2) is 55.4 Å². The van der Waals surface area contributed by atoms with E-state index in [9.17, 15) is 4.79 Å². The summed E-state index contributed by atoms with van der Waals surface area (Å²) in [7, 11) is 0. The summed E-state index contributed by atoms with van der Waals surface area (Å²) in [5.74, 6) is -0.0697. The number of hydrogen-bond donors (Lipinski definition) is 2. The molecule has 5 nitrogen and oxygen atoms in total. The zero-order valence-corrected chi connectivity index (χ0v) is 11.2. The first-order valence-corrected chi connectivity index (χ1v) is 6.46. The van der Waals surface area contributed by atoms with Gasteiger partial charge in [0, 0.05) is 24.6 Å². The Bertz CT molecular complexity index is 563. The average Bonchev–Trinajstić information content (AvgIpc) is 2.94. The summed E-state index contributed by atoms with van der Waals surface area (Å²) in [4.78, 5) is 11.8. The van der Waals surface area contributed by atoms with Gasteiger partial charge in [-0.05, 0) is 17.7 Å². The molecule has 0 saturated heterocycles. The molecule has 0 bridgehead atoms. The van der Waals surface area contributed by atoms with Crippen molar-refractivity contribution in [1.82, 2.24) is 15.1 Å². The molecule has 0 aliphatic carbocycles. The summed E-state index contributed by atoms with van der Waals surface area (Å²) in [5, 5.41) is 10.1. The number of nitrogens with zero attached hydrogens (tertiary/aromatic N) is 2. The summed E-state index contributed by atoms with van der Waals surface area (Å²) >= 11 is 0. The molecule has 104 valence electrons. The standard InChI is InChI=1S/C15H18N4O/c1-2-8-16-11-15(20)18-14-7-4-3-6-13(14)12-19-10-5-9-17-19/h2-7,9-10,16H,1,8,11-12H2,(H,18,20). The molecule has 0 aliphatic heterocycles. The molecule has 0 spiro atoms. The van der Waals surface area contributed by atoms with Crippen molar-refractivity contribution in [3.05, 3.63) is 60.9 Å². The van der Waals surface area contributed by atoms with E-state index in [0.29, 0.717) is 13.1 Å². The van der Waals surface area contributed by atoms with Crippen LogP contribution >= 0.6 is 0 Å². The topological polar surface area (TPSA) is 59.0 Å². The van der Waals surface area contributed by atoms with Crippen LogP contribution in [0.1, 0.15) is 5.56 Å². The molecular weight excluding hydrogens is 252 g/mol. The molecule has 2 rings (SSSR count). The van der Waals surface area contributed by atoms with Crippen LogP contribution < -0.4 is 10.6 Å². The lowest BCUT2D eigenvalue weighted by Gasteiger charge is -2.11. The highest BCUT2D eigenvalue weighted by Crippen LogP contribution is 2.15. The van der Waals surface area contributed by atoms with Crippen LogP contribution in [-0.4, -0.2) is 28.8 Å². The van der Waals surface area contributed by atoms with Crippen molar-refractivity contribution in [1.29, 1.82) is 0 Å². The minimum Gasteiger partial charge on any atom is -0.325 e. The fourth-order valence-corrected chi connectivity index (χ4v) is 1.83. The third-order valence-corrected chi connectivity index (χ3v) is 2.76. The molecule has 2 aromatic rings. The SMILES string of the molecule is C=CCNCC(=O)Nc1ccccc1Cn1cccn1. The zero-order chi connectivity index (χ0) is 14.2. The summed E-state index contributed by atoms with van der Waals surface area (Å²) < 4.78 is 1.82. The lowest BCUT2D eigenvalue weighted by atomic mass is 10.1. The Balaban J connectivity index is 2.00. The lowest BCUT2D eigenvalue weighted by molar-refractivity contribution is -0.115. The minimum atomic E-state index is -0.0697. The summed E-state index contributed by atoms with van der Waals surface area (Å²) in [6.45, 7) is 5.10. The predicted octanol–water partition coefficient (Wildman–Crippen LogP) is 1.65. The van der Waals surface area contributed by atoms with E-state index in [2.05, 4.69) is 22.3 Å². The lowest BCUT2D eigenvalue weighted by Crippen LogP contribution is -2.28. The molecule has 5 heteroatoms. The average molecular weight is 270 g/mol. The molecule has 0 aliphatic rings. The van der Waals surface area contributed by atoms with Gasteiger partial charge in [0.2, 0.25) is 5.91 Å². The van der Waals surface area contributed by atoms with Crippen molar-refractivity contribution in [2.75, 3.05) is 18.4 Å². The van der Waals surface area contributed by atoms with Gasteiger partial charge >= 0.3 is 0 Å². The van der Waals surface area contributed by atoms with Gasteiger partial charge in [0.25, 0.3) is 0 Å². The van der Waals surface area contributed by atoms with Crippen molar-refractivity contribution < 1.29 is 4.79 Å². The highest BCUT2D eigenvalue weighted by molar-refractivity contribution is 5.92. The van der Waals surface area contributed by atoms with E-state index in [1.54, 1.807) is 12.3 Å². The van der Waals surface area contributed by atoms with Crippen molar-refractivity contribution in [2.45, 2.75) is 6.54 Å². The van der Waals surface area contributed by atoms with Crippen molar-refractivity contribution in [3.63, 3.8) is 0 Å². The van der Waals surface area contributed by atoms with Crippen LogP contribution in [0.3, 0.4) is 0 Å². The quantitative estimate of drug-likeness (QED) is 0.594. The highest BCUT2D eigenvalue weighted by Gasteiger charge is 2.06. The fourth-order valence-electron chi connectivity index (χ4n) is 1.83. The molecule has 1 amide bonds. The van der Waals surface area contributed by atoms with Gasteiger partial charge in [-0.25, -0.2) is 0 Å². The van der Waals surface area contributed by atoms with Crippen LogP contribution in [-0.2, 0) is 11.3 Å². The molecule has 0 saturated carbocycles. The number of carbonyl (C=O) groups is 1. The number of hydrogen-bond acceptors (Lipinski definition) is 3. The third kappa shape index (κ3) is 4.07. The second-order valence-corrected chi connectivity index (χ2v) is 4.33.